The molecule has 0 aliphatic rings. The maximum absolute atomic E-state index is 11.7. The number of benzene rings is 2. The van der Waals surface area contributed by atoms with Crippen molar-refractivity contribution < 1.29 is 49.3 Å². The quantitative estimate of drug-likeness (QED) is 0.353. The summed E-state index contributed by atoms with van der Waals surface area (Å²) in [7, 11) is 0. The maximum Gasteiger partial charge on any atom is 1.00 e. The van der Waals surface area contributed by atoms with Gasteiger partial charge in [0.2, 0.25) is 0 Å². The topological polar surface area (TPSA) is 95.6 Å². The number of carbonyl (C=O) groups is 1. The molecule has 0 aliphatic heterocycles. The van der Waals surface area contributed by atoms with Crippen LogP contribution in [0, 0.1) is 10.7 Å². The number of aliphatic carboxylic acids is 1. The molecule has 0 heterocycles. The molecular weight excluding hydrogens is 662 g/mol. The Morgan fingerprint density at radius 1 is 1.17 bits per heavy atom. The molecule has 2 rings (SSSR count). The fourth-order valence-corrected chi connectivity index (χ4v) is 4.22. The van der Waals surface area contributed by atoms with Gasteiger partial charge in [0.15, 0.2) is 0 Å². The van der Waals surface area contributed by atoms with Crippen LogP contribution < -0.4 is 45.1 Å². The Balaban J connectivity index is 0.00000288. The third-order valence-electron chi connectivity index (χ3n) is 2.97. The molecule has 5 nitrogen and oxygen atoms in total. The third-order valence-corrected chi connectivity index (χ3v) is 5.41. The van der Waals surface area contributed by atoms with E-state index in [4.69, 9.17) is 15.6 Å². The second-order valence-corrected chi connectivity index (χ2v) is 8.22. The standard InChI is InChI=1S/C15H12I3NO4.Na/c16-9-3-7(4-12(19)15(21)22)1-2-13(9)23-8-5-10(17)14(20)11(18)6-8;/h1-3,5-6,12,20H,4,19H2,(H,21,22);/q;+1/p-1/t12-;/m0./s1. The predicted molar refractivity (Wildman–Crippen MR) is 110 cm³/mol. The third kappa shape index (κ3) is 6.13. The first-order chi connectivity index (χ1) is 10.8. The zero-order valence-corrected chi connectivity index (χ0v) is 21.0. The number of carboxylic acids is 1. The molecule has 0 aliphatic carbocycles. The molecule has 0 amide bonds. The summed E-state index contributed by atoms with van der Waals surface area (Å²) in [6.45, 7) is 0. The van der Waals surface area contributed by atoms with E-state index in [-0.39, 0.29) is 41.7 Å². The Hall–Kier alpha value is 0.660. The molecule has 2 aromatic carbocycles. The van der Waals surface area contributed by atoms with Gasteiger partial charge < -0.3 is 20.7 Å². The van der Waals surface area contributed by atoms with Crippen molar-refractivity contribution in [3.05, 3.63) is 46.6 Å². The minimum atomic E-state index is -1.03. The molecule has 0 unspecified atom stereocenters. The van der Waals surface area contributed by atoms with Crippen LogP contribution in [0.2, 0.25) is 0 Å². The van der Waals surface area contributed by atoms with E-state index in [0.29, 0.717) is 18.6 Å². The first kappa shape index (κ1) is 22.7. The average Bonchev–Trinajstić information content (AvgIpc) is 2.47. The molecule has 9 heteroatoms. The van der Waals surface area contributed by atoms with Crippen LogP contribution in [0.25, 0.3) is 0 Å². The van der Waals surface area contributed by atoms with Crippen LogP contribution in [-0.4, -0.2) is 17.1 Å². The minimum Gasteiger partial charge on any atom is -0.871 e. The monoisotopic (exact) mass is 673 g/mol. The number of rotatable bonds is 5. The molecule has 0 saturated carbocycles. The number of halogens is 3. The van der Waals surface area contributed by atoms with Crippen LogP contribution in [-0.2, 0) is 11.2 Å². The number of hydrogen-bond donors (Lipinski definition) is 2. The Morgan fingerprint density at radius 3 is 2.25 bits per heavy atom. The van der Waals surface area contributed by atoms with Crippen molar-refractivity contribution in [1.82, 2.24) is 0 Å². The summed E-state index contributed by atoms with van der Waals surface area (Å²) in [4.78, 5) is 10.8. The van der Waals surface area contributed by atoms with Crippen molar-refractivity contribution in [2.45, 2.75) is 12.5 Å². The molecule has 0 spiro atoms. The van der Waals surface area contributed by atoms with Crippen LogP contribution in [0.5, 0.6) is 17.2 Å². The van der Waals surface area contributed by atoms with E-state index in [2.05, 4.69) is 22.6 Å². The second kappa shape index (κ2) is 10.1. The summed E-state index contributed by atoms with van der Waals surface area (Å²) < 4.78 is 7.87. The Kier molecular flexibility index (Phi) is 9.57. The molecule has 0 aromatic heterocycles. The molecule has 1 atom stereocenters. The van der Waals surface area contributed by atoms with Crippen LogP contribution >= 0.6 is 67.8 Å². The van der Waals surface area contributed by atoms with Crippen LogP contribution in [0.3, 0.4) is 0 Å². The maximum atomic E-state index is 11.7. The van der Waals surface area contributed by atoms with Crippen molar-refractivity contribution in [3.8, 4) is 17.2 Å². The van der Waals surface area contributed by atoms with E-state index < -0.39 is 12.0 Å². The number of carboxylic acid groups (broad SMARTS) is 1. The number of ether oxygens (including phenoxy) is 1. The predicted octanol–water partition coefficient (Wildman–Crippen LogP) is 0.325. The van der Waals surface area contributed by atoms with Gasteiger partial charge >= 0.3 is 35.5 Å². The van der Waals surface area contributed by atoms with Crippen molar-refractivity contribution in [2.24, 2.45) is 5.73 Å². The van der Waals surface area contributed by atoms with E-state index in [0.717, 1.165) is 9.13 Å². The molecule has 3 N–H and O–H groups in total. The van der Waals surface area contributed by atoms with E-state index in [1.807, 2.05) is 51.2 Å². The molecular formula is C15H11I3NNaO4. The summed E-state index contributed by atoms with van der Waals surface area (Å²) in [6.07, 6.45) is 0.256. The minimum absolute atomic E-state index is 0. The summed E-state index contributed by atoms with van der Waals surface area (Å²) >= 11 is 6.09. The first-order valence-electron chi connectivity index (χ1n) is 6.38. The van der Waals surface area contributed by atoms with Crippen LogP contribution in [0.4, 0.5) is 0 Å². The fourth-order valence-electron chi connectivity index (χ4n) is 1.82. The molecule has 122 valence electrons. The summed E-state index contributed by atoms with van der Waals surface area (Å²) in [5.74, 6) is 0.197. The molecule has 0 saturated heterocycles. The van der Waals surface area contributed by atoms with E-state index in [1.165, 1.54) is 0 Å². The SMILES string of the molecule is N[C@@H](Cc1ccc(Oc2cc(I)c([O-])c(I)c2)c(I)c1)C(=O)O.[Na+]. The van der Waals surface area contributed by atoms with Crippen molar-refractivity contribution in [1.29, 1.82) is 0 Å². The molecule has 0 fully saturated rings. The Labute approximate surface area is 202 Å². The largest absolute Gasteiger partial charge is 1.00 e. The Morgan fingerprint density at radius 2 is 1.75 bits per heavy atom. The molecule has 0 radical (unpaired) electrons. The fraction of sp³-hybridized carbons (Fsp3) is 0.133. The van der Waals surface area contributed by atoms with Crippen molar-refractivity contribution >= 4 is 73.7 Å². The summed E-state index contributed by atoms with van der Waals surface area (Å²) in [5.41, 5.74) is 6.37. The second-order valence-electron chi connectivity index (χ2n) is 4.73. The molecule has 2 aromatic rings. The van der Waals surface area contributed by atoms with Gasteiger partial charge in [-0.05, 0) is 104 Å². The molecule has 24 heavy (non-hydrogen) atoms. The van der Waals surface area contributed by atoms with E-state index in [9.17, 15) is 9.90 Å². The number of hydrogen-bond acceptors (Lipinski definition) is 4. The average molecular weight is 673 g/mol. The van der Waals surface area contributed by atoms with Gasteiger partial charge in [0.25, 0.3) is 0 Å². The van der Waals surface area contributed by atoms with Gasteiger partial charge in [0, 0.05) is 7.14 Å². The Bertz CT molecular complexity index is 734. The van der Waals surface area contributed by atoms with Gasteiger partial charge in [-0.3, -0.25) is 4.79 Å². The van der Waals surface area contributed by atoms with Gasteiger partial charge in [-0.1, -0.05) is 11.8 Å². The van der Waals surface area contributed by atoms with E-state index in [1.54, 1.807) is 24.3 Å². The summed E-state index contributed by atoms with van der Waals surface area (Å²) in [5, 5.41) is 20.6. The van der Waals surface area contributed by atoms with Crippen LogP contribution in [0.1, 0.15) is 5.56 Å². The summed E-state index contributed by atoms with van der Waals surface area (Å²) in [6, 6.07) is 7.86. The van der Waals surface area contributed by atoms with Crippen LogP contribution in [0.15, 0.2) is 30.3 Å². The van der Waals surface area contributed by atoms with E-state index >= 15 is 0 Å². The normalized spacial score (nSPS) is 11.5. The van der Waals surface area contributed by atoms with Gasteiger partial charge in [-0.15, -0.1) is 0 Å². The van der Waals surface area contributed by atoms with Crippen molar-refractivity contribution in [3.63, 3.8) is 0 Å². The van der Waals surface area contributed by atoms with Gasteiger partial charge in [0.1, 0.15) is 17.5 Å². The smallest absolute Gasteiger partial charge is 0.871 e. The first-order valence-corrected chi connectivity index (χ1v) is 9.62. The molecule has 0 bridgehead atoms. The zero-order valence-electron chi connectivity index (χ0n) is 12.6. The van der Waals surface area contributed by atoms with Gasteiger partial charge in [-0.25, -0.2) is 0 Å². The number of nitrogens with two attached hydrogens (primary N) is 1. The van der Waals surface area contributed by atoms with Gasteiger partial charge in [0.05, 0.1) is 3.57 Å². The van der Waals surface area contributed by atoms with Gasteiger partial charge in [-0.2, -0.15) is 0 Å². The van der Waals surface area contributed by atoms with Crippen molar-refractivity contribution in [2.75, 3.05) is 0 Å². The zero-order chi connectivity index (χ0) is 17.1.